The number of carbonyl (C=O) groups excluding carboxylic acids is 2. The molecule has 5 nitrogen and oxygen atoms in total. The summed E-state index contributed by atoms with van der Waals surface area (Å²) in [7, 11) is 0. The van der Waals surface area contributed by atoms with Crippen molar-refractivity contribution in [2.45, 2.75) is 52.0 Å². The molecule has 1 aromatic rings. The van der Waals surface area contributed by atoms with Gasteiger partial charge in [0, 0.05) is 18.7 Å². The Bertz CT molecular complexity index is 707. The van der Waals surface area contributed by atoms with Crippen LogP contribution in [0.3, 0.4) is 0 Å². The van der Waals surface area contributed by atoms with Crippen molar-refractivity contribution < 1.29 is 9.59 Å². The number of rotatable bonds is 9. The van der Waals surface area contributed by atoms with Gasteiger partial charge in [-0.1, -0.05) is 36.8 Å². The largest absolute Gasteiger partial charge is 0.354 e. The molecule has 1 aliphatic rings. The highest BCUT2D eigenvalue weighted by atomic mass is 16.2. The predicted molar refractivity (Wildman–Crippen MR) is 115 cm³/mol. The van der Waals surface area contributed by atoms with Crippen LogP contribution in [-0.4, -0.2) is 42.4 Å². The summed E-state index contributed by atoms with van der Waals surface area (Å²) in [6, 6.07) is 7.27. The normalized spacial score (nSPS) is 17.3. The lowest BCUT2D eigenvalue weighted by Gasteiger charge is -2.24. The molecule has 1 heterocycles. The average Bonchev–Trinajstić information content (AvgIpc) is 3.21. The van der Waals surface area contributed by atoms with Gasteiger partial charge in [-0.2, -0.15) is 0 Å². The van der Waals surface area contributed by atoms with E-state index in [2.05, 4.69) is 5.32 Å². The number of likely N-dealkylation sites (tertiary alicyclic amines) is 1. The molecule has 28 heavy (non-hydrogen) atoms. The predicted octanol–water partition coefficient (Wildman–Crippen LogP) is 3.52. The molecule has 1 atom stereocenters. The topological polar surface area (TPSA) is 75.4 Å². The second-order valence-electron chi connectivity index (χ2n) is 7.12. The van der Waals surface area contributed by atoms with Crippen LogP contribution >= 0.6 is 0 Å². The quantitative estimate of drug-likeness (QED) is 0.506. The number of benzene rings is 1. The molecule has 1 aliphatic heterocycles. The number of hydrogen-bond donors (Lipinski definition) is 2. The standard InChI is InChI=1S/C23H33N3O2/c1-3-9-18(4-2)19-11-13-20(14-12-19)23(28)26-17-8-10-21(26)22(27)25-16-7-5-6-15-24/h3-4,9,11-14,21H,5-8,10,15-17,24H2,1-2H3,(H,25,27)/b9-3-,18-4+. The Morgan fingerprint density at radius 3 is 2.50 bits per heavy atom. The summed E-state index contributed by atoms with van der Waals surface area (Å²) in [6.45, 7) is 5.94. The van der Waals surface area contributed by atoms with E-state index in [-0.39, 0.29) is 17.9 Å². The lowest BCUT2D eigenvalue weighted by atomic mass is 10.0. The summed E-state index contributed by atoms with van der Waals surface area (Å²) in [4.78, 5) is 27.2. The third-order valence-corrected chi connectivity index (χ3v) is 5.12. The van der Waals surface area contributed by atoms with Gasteiger partial charge in [-0.25, -0.2) is 0 Å². The molecule has 3 N–H and O–H groups in total. The van der Waals surface area contributed by atoms with Crippen molar-refractivity contribution >= 4 is 17.4 Å². The summed E-state index contributed by atoms with van der Waals surface area (Å²) in [6.07, 6.45) is 10.6. The maximum atomic E-state index is 13.0. The van der Waals surface area contributed by atoms with Crippen LogP contribution in [0.2, 0.25) is 0 Å². The molecule has 152 valence electrons. The number of nitrogens with one attached hydrogen (secondary N) is 1. The van der Waals surface area contributed by atoms with Crippen molar-refractivity contribution in [1.29, 1.82) is 0 Å². The van der Waals surface area contributed by atoms with Gasteiger partial charge in [0.2, 0.25) is 5.91 Å². The summed E-state index contributed by atoms with van der Waals surface area (Å²) in [5.41, 5.74) is 8.31. The van der Waals surface area contributed by atoms with Gasteiger partial charge in [0.05, 0.1) is 0 Å². The lowest BCUT2D eigenvalue weighted by molar-refractivity contribution is -0.124. The van der Waals surface area contributed by atoms with Crippen molar-refractivity contribution in [3.8, 4) is 0 Å². The first-order chi connectivity index (χ1) is 13.6. The van der Waals surface area contributed by atoms with Crippen molar-refractivity contribution in [3.63, 3.8) is 0 Å². The zero-order valence-electron chi connectivity index (χ0n) is 17.1. The van der Waals surface area contributed by atoms with Gasteiger partial charge in [0.15, 0.2) is 0 Å². The SMILES string of the molecule is C/C=C\C(=C/C)c1ccc(C(=O)N2CCCC2C(=O)NCCCCCN)cc1. The van der Waals surface area contributed by atoms with E-state index in [1.54, 1.807) is 4.90 Å². The van der Waals surface area contributed by atoms with E-state index in [0.29, 0.717) is 25.2 Å². The van der Waals surface area contributed by atoms with Crippen LogP contribution in [0.25, 0.3) is 5.57 Å². The first kappa shape index (κ1) is 21.9. The molecule has 0 bridgehead atoms. The molecule has 0 spiro atoms. The number of nitrogens with two attached hydrogens (primary N) is 1. The maximum absolute atomic E-state index is 13.0. The number of amides is 2. The highest BCUT2D eigenvalue weighted by molar-refractivity contribution is 5.98. The summed E-state index contributed by atoms with van der Waals surface area (Å²) in [5, 5.41) is 2.98. The fraction of sp³-hybridized carbons (Fsp3) is 0.478. The Kier molecular flexibility index (Phi) is 8.95. The van der Waals surface area contributed by atoms with Crippen LogP contribution < -0.4 is 11.1 Å². The molecule has 0 aliphatic carbocycles. The van der Waals surface area contributed by atoms with Crippen molar-refractivity contribution in [1.82, 2.24) is 10.2 Å². The Hall–Kier alpha value is -2.40. The van der Waals surface area contributed by atoms with Crippen LogP contribution in [0, 0.1) is 0 Å². The van der Waals surface area contributed by atoms with E-state index in [1.807, 2.05) is 56.3 Å². The van der Waals surface area contributed by atoms with Gasteiger partial charge in [0.1, 0.15) is 6.04 Å². The van der Waals surface area contributed by atoms with Crippen LogP contribution in [0.15, 0.2) is 42.5 Å². The molecule has 0 aromatic heterocycles. The molecule has 1 aromatic carbocycles. The summed E-state index contributed by atoms with van der Waals surface area (Å²) in [5.74, 6) is -0.111. The molecule has 1 saturated heterocycles. The first-order valence-electron chi connectivity index (χ1n) is 10.3. The molecule has 2 amide bonds. The van der Waals surface area contributed by atoms with Gasteiger partial charge in [0.25, 0.3) is 5.91 Å². The van der Waals surface area contributed by atoms with Gasteiger partial charge in [-0.3, -0.25) is 9.59 Å². The molecule has 1 fully saturated rings. The Labute approximate surface area is 168 Å². The molecule has 0 radical (unpaired) electrons. The van der Waals surface area contributed by atoms with Crippen LogP contribution in [-0.2, 0) is 4.79 Å². The van der Waals surface area contributed by atoms with Crippen molar-refractivity contribution in [3.05, 3.63) is 53.6 Å². The molecule has 1 unspecified atom stereocenters. The minimum absolute atomic E-state index is 0.0421. The van der Waals surface area contributed by atoms with Crippen LogP contribution in [0.1, 0.15) is 61.9 Å². The van der Waals surface area contributed by atoms with Gasteiger partial charge in [-0.15, -0.1) is 0 Å². The van der Waals surface area contributed by atoms with Crippen LogP contribution in [0.5, 0.6) is 0 Å². The van der Waals surface area contributed by atoms with Gasteiger partial charge >= 0.3 is 0 Å². The third kappa shape index (κ3) is 5.80. The van der Waals surface area contributed by atoms with E-state index in [0.717, 1.165) is 43.2 Å². The second kappa shape index (κ2) is 11.4. The molecular formula is C23H33N3O2. The molecule has 2 rings (SSSR count). The van der Waals surface area contributed by atoms with E-state index in [4.69, 9.17) is 5.73 Å². The minimum atomic E-state index is -0.365. The van der Waals surface area contributed by atoms with Crippen molar-refractivity contribution in [2.75, 3.05) is 19.6 Å². The Morgan fingerprint density at radius 1 is 1.14 bits per heavy atom. The van der Waals surface area contributed by atoms with E-state index in [9.17, 15) is 9.59 Å². The third-order valence-electron chi connectivity index (χ3n) is 5.12. The minimum Gasteiger partial charge on any atom is -0.354 e. The van der Waals surface area contributed by atoms with E-state index in [1.165, 1.54) is 0 Å². The van der Waals surface area contributed by atoms with Crippen molar-refractivity contribution in [2.24, 2.45) is 5.73 Å². The van der Waals surface area contributed by atoms with E-state index < -0.39 is 0 Å². The number of hydrogen-bond acceptors (Lipinski definition) is 3. The van der Waals surface area contributed by atoms with Gasteiger partial charge in [-0.05, 0) is 69.3 Å². The van der Waals surface area contributed by atoms with E-state index >= 15 is 0 Å². The number of unbranched alkanes of at least 4 members (excludes halogenated alkanes) is 2. The fourth-order valence-corrected chi connectivity index (χ4v) is 3.57. The molecular weight excluding hydrogens is 350 g/mol. The smallest absolute Gasteiger partial charge is 0.254 e. The second-order valence-corrected chi connectivity index (χ2v) is 7.12. The molecule has 0 saturated carbocycles. The Morgan fingerprint density at radius 2 is 1.86 bits per heavy atom. The van der Waals surface area contributed by atoms with Crippen LogP contribution in [0.4, 0.5) is 0 Å². The highest BCUT2D eigenvalue weighted by Crippen LogP contribution is 2.22. The summed E-state index contributed by atoms with van der Waals surface area (Å²) >= 11 is 0. The average molecular weight is 384 g/mol. The zero-order valence-corrected chi connectivity index (χ0v) is 17.1. The first-order valence-corrected chi connectivity index (χ1v) is 10.3. The Balaban J connectivity index is 1.99. The highest BCUT2D eigenvalue weighted by Gasteiger charge is 2.34. The van der Waals surface area contributed by atoms with Gasteiger partial charge < -0.3 is 16.0 Å². The lowest BCUT2D eigenvalue weighted by Crippen LogP contribution is -2.46. The monoisotopic (exact) mass is 383 g/mol. The fourth-order valence-electron chi connectivity index (χ4n) is 3.57. The number of allylic oxidation sites excluding steroid dienone is 4. The number of carbonyl (C=O) groups is 2. The maximum Gasteiger partial charge on any atom is 0.254 e. The summed E-state index contributed by atoms with van der Waals surface area (Å²) < 4.78 is 0. The number of nitrogens with zero attached hydrogens (tertiary/aromatic N) is 1. The zero-order chi connectivity index (χ0) is 20.4. The molecule has 5 heteroatoms.